The number of nitrogens with one attached hydrogen (secondary N) is 1. The number of esters is 1. The first-order chi connectivity index (χ1) is 7.60. The fourth-order valence-electron chi connectivity index (χ4n) is 1.08. The van der Waals surface area contributed by atoms with Crippen molar-refractivity contribution in [1.82, 2.24) is 9.55 Å². The van der Waals surface area contributed by atoms with Crippen molar-refractivity contribution in [3.8, 4) is 0 Å². The first-order valence-electron chi connectivity index (χ1n) is 4.57. The maximum absolute atomic E-state index is 11.5. The van der Waals surface area contributed by atoms with Crippen LogP contribution in [0.3, 0.4) is 0 Å². The zero-order valence-corrected chi connectivity index (χ0v) is 9.01. The molecule has 0 radical (unpaired) electrons. The number of aryl methyl sites for hydroxylation is 1. The fraction of sp³-hybridized carbons (Fsp3) is 0.444. The van der Waals surface area contributed by atoms with Crippen molar-refractivity contribution in [2.75, 3.05) is 19.0 Å². The summed E-state index contributed by atoms with van der Waals surface area (Å²) < 4.78 is 5.75. The minimum Gasteiger partial charge on any atom is -0.467 e. The molecule has 1 aromatic heterocycles. The molecule has 0 fully saturated rings. The van der Waals surface area contributed by atoms with Gasteiger partial charge in [-0.05, 0) is 0 Å². The van der Waals surface area contributed by atoms with Crippen LogP contribution in [-0.2, 0) is 16.6 Å². The quantitative estimate of drug-likeness (QED) is 0.623. The number of hydrogen-bond acceptors (Lipinski definition) is 6. The summed E-state index contributed by atoms with van der Waals surface area (Å²) >= 11 is 0. The zero-order chi connectivity index (χ0) is 12.1. The Morgan fingerprint density at radius 3 is 3.00 bits per heavy atom. The van der Waals surface area contributed by atoms with Crippen molar-refractivity contribution in [3.05, 3.63) is 22.7 Å². The lowest BCUT2D eigenvalue weighted by atomic mass is 10.3. The largest absolute Gasteiger partial charge is 0.467 e. The molecule has 0 aromatic carbocycles. The Labute approximate surface area is 91.7 Å². The van der Waals surface area contributed by atoms with Gasteiger partial charge in [0.05, 0.1) is 13.7 Å². The molecular weight excluding hydrogens is 214 g/mol. The average Bonchev–Trinajstić information content (AvgIpc) is 2.30. The third-order valence-corrected chi connectivity index (χ3v) is 2.00. The van der Waals surface area contributed by atoms with Crippen LogP contribution < -0.4 is 10.9 Å². The number of methoxy groups -OCH3 is 1. The van der Waals surface area contributed by atoms with E-state index >= 15 is 0 Å². The number of anilines is 1. The molecule has 0 aliphatic heterocycles. The Bertz CT molecular complexity index is 429. The third-order valence-electron chi connectivity index (χ3n) is 2.00. The number of aliphatic hydroxyl groups excluding tert-OH is 1. The smallest absolute Gasteiger partial charge is 0.330 e. The van der Waals surface area contributed by atoms with Crippen molar-refractivity contribution in [2.45, 2.75) is 6.04 Å². The van der Waals surface area contributed by atoms with Gasteiger partial charge in [-0.1, -0.05) is 0 Å². The lowest BCUT2D eigenvalue weighted by Crippen LogP contribution is -2.37. The van der Waals surface area contributed by atoms with E-state index in [4.69, 9.17) is 5.11 Å². The van der Waals surface area contributed by atoms with Crippen molar-refractivity contribution in [1.29, 1.82) is 0 Å². The monoisotopic (exact) mass is 227 g/mol. The van der Waals surface area contributed by atoms with Gasteiger partial charge in [0.15, 0.2) is 5.82 Å². The molecule has 16 heavy (non-hydrogen) atoms. The minimum absolute atomic E-state index is 0.00514. The maximum Gasteiger partial charge on any atom is 0.330 e. The van der Waals surface area contributed by atoms with E-state index in [1.54, 1.807) is 7.05 Å². The zero-order valence-electron chi connectivity index (χ0n) is 9.01. The fourth-order valence-corrected chi connectivity index (χ4v) is 1.08. The molecule has 2 N–H and O–H groups in total. The lowest BCUT2D eigenvalue weighted by Gasteiger charge is -2.13. The van der Waals surface area contributed by atoms with Crippen molar-refractivity contribution >= 4 is 11.8 Å². The molecular formula is C9H13N3O4. The molecule has 7 nitrogen and oxygen atoms in total. The van der Waals surface area contributed by atoms with Gasteiger partial charge in [-0.2, -0.15) is 0 Å². The highest BCUT2D eigenvalue weighted by atomic mass is 16.5. The Hall–Kier alpha value is -1.89. The number of aliphatic hydroxyl groups is 1. The normalized spacial score (nSPS) is 11.9. The molecule has 0 aliphatic rings. The summed E-state index contributed by atoms with van der Waals surface area (Å²) in [6, 6.07) is -0.993. The second-order valence-corrected chi connectivity index (χ2v) is 3.09. The highest BCUT2D eigenvalue weighted by Gasteiger charge is 2.19. The molecule has 0 bridgehead atoms. The van der Waals surface area contributed by atoms with E-state index in [-0.39, 0.29) is 11.4 Å². The lowest BCUT2D eigenvalue weighted by molar-refractivity contribution is -0.142. The van der Waals surface area contributed by atoms with Crippen LogP contribution >= 0.6 is 0 Å². The summed E-state index contributed by atoms with van der Waals surface area (Å²) in [6.07, 6.45) is 2.90. The molecule has 1 rings (SSSR count). The summed E-state index contributed by atoms with van der Waals surface area (Å²) in [5, 5.41) is 11.5. The molecule has 7 heteroatoms. The van der Waals surface area contributed by atoms with Crippen LogP contribution in [0.4, 0.5) is 5.82 Å². The topological polar surface area (TPSA) is 93.4 Å². The highest BCUT2D eigenvalue weighted by Crippen LogP contribution is 1.98. The van der Waals surface area contributed by atoms with E-state index < -0.39 is 18.6 Å². The molecule has 0 saturated heterocycles. The van der Waals surface area contributed by atoms with Gasteiger partial charge in [0, 0.05) is 19.4 Å². The van der Waals surface area contributed by atoms with Gasteiger partial charge >= 0.3 is 5.97 Å². The maximum atomic E-state index is 11.5. The van der Waals surface area contributed by atoms with E-state index in [2.05, 4.69) is 15.0 Å². The summed E-state index contributed by atoms with van der Waals surface area (Å²) in [6.45, 7) is -0.480. The second kappa shape index (κ2) is 5.26. The van der Waals surface area contributed by atoms with Crippen LogP contribution in [0.25, 0.3) is 0 Å². The Morgan fingerprint density at radius 2 is 2.44 bits per heavy atom. The third kappa shape index (κ3) is 2.57. The number of ether oxygens (including phenoxy) is 1. The van der Waals surface area contributed by atoms with Gasteiger partial charge in [0.1, 0.15) is 6.04 Å². The average molecular weight is 227 g/mol. The van der Waals surface area contributed by atoms with Gasteiger partial charge < -0.3 is 19.7 Å². The van der Waals surface area contributed by atoms with Crippen molar-refractivity contribution in [2.24, 2.45) is 7.05 Å². The Morgan fingerprint density at radius 1 is 1.75 bits per heavy atom. The molecule has 0 aliphatic carbocycles. The van der Waals surface area contributed by atoms with Crippen LogP contribution in [0.1, 0.15) is 0 Å². The molecule has 1 unspecified atom stereocenters. The van der Waals surface area contributed by atoms with E-state index in [1.807, 2.05) is 0 Å². The van der Waals surface area contributed by atoms with Crippen LogP contribution in [-0.4, -0.2) is 40.4 Å². The first-order valence-corrected chi connectivity index (χ1v) is 4.57. The summed E-state index contributed by atoms with van der Waals surface area (Å²) in [7, 11) is 2.75. The van der Waals surface area contributed by atoms with Crippen LogP contribution in [0.5, 0.6) is 0 Å². The van der Waals surface area contributed by atoms with Crippen LogP contribution in [0.15, 0.2) is 17.2 Å². The van der Waals surface area contributed by atoms with Gasteiger partial charge in [0.25, 0.3) is 5.56 Å². The number of hydrogen-bond donors (Lipinski definition) is 2. The van der Waals surface area contributed by atoms with E-state index in [1.165, 1.54) is 24.1 Å². The standard InChI is InChI=1S/C9H13N3O4/c1-12-4-3-10-7(8(12)14)11-6(5-13)9(15)16-2/h3-4,6,13H,5H2,1-2H3,(H,10,11). The van der Waals surface area contributed by atoms with Gasteiger partial charge in [-0.15, -0.1) is 0 Å². The summed E-state index contributed by atoms with van der Waals surface area (Å²) in [4.78, 5) is 26.5. The number of carbonyl (C=O) groups is 1. The Balaban J connectivity index is 2.90. The number of aromatic nitrogens is 2. The van der Waals surface area contributed by atoms with Crippen LogP contribution in [0, 0.1) is 0 Å². The predicted molar refractivity (Wildman–Crippen MR) is 56.0 cm³/mol. The van der Waals surface area contributed by atoms with Gasteiger partial charge in [0.2, 0.25) is 0 Å². The van der Waals surface area contributed by atoms with Gasteiger partial charge in [-0.25, -0.2) is 9.78 Å². The Kier molecular flexibility index (Phi) is 4.01. The minimum atomic E-state index is -0.993. The number of carbonyl (C=O) groups excluding carboxylic acids is 1. The molecule has 0 spiro atoms. The molecule has 1 aromatic rings. The van der Waals surface area contributed by atoms with Gasteiger partial charge in [-0.3, -0.25) is 4.79 Å². The molecule has 88 valence electrons. The molecule has 1 heterocycles. The van der Waals surface area contributed by atoms with Crippen LogP contribution in [0.2, 0.25) is 0 Å². The SMILES string of the molecule is COC(=O)C(CO)Nc1nccn(C)c1=O. The van der Waals surface area contributed by atoms with Crippen molar-refractivity contribution < 1.29 is 14.6 Å². The predicted octanol–water partition coefficient (Wildman–Crippen LogP) is -1.27. The molecule has 0 saturated carbocycles. The van der Waals surface area contributed by atoms with E-state index in [9.17, 15) is 9.59 Å². The molecule has 0 amide bonds. The highest BCUT2D eigenvalue weighted by molar-refractivity contribution is 5.78. The van der Waals surface area contributed by atoms with Crippen molar-refractivity contribution in [3.63, 3.8) is 0 Å². The molecule has 1 atom stereocenters. The first kappa shape index (κ1) is 12.2. The number of nitrogens with zero attached hydrogens (tertiary/aromatic N) is 2. The van der Waals surface area contributed by atoms with E-state index in [0.29, 0.717) is 0 Å². The number of rotatable bonds is 4. The summed E-state index contributed by atoms with van der Waals surface area (Å²) in [5.74, 6) is -0.662. The van der Waals surface area contributed by atoms with E-state index in [0.717, 1.165) is 0 Å². The second-order valence-electron chi connectivity index (χ2n) is 3.09. The summed E-state index contributed by atoms with van der Waals surface area (Å²) in [5.41, 5.74) is -0.384.